The molecule has 0 aromatic heterocycles. The maximum atomic E-state index is 12.8. The summed E-state index contributed by atoms with van der Waals surface area (Å²) >= 11 is 18.1. The maximum absolute atomic E-state index is 12.8. The molecule has 6 nitrogen and oxygen atoms in total. The van der Waals surface area contributed by atoms with E-state index in [1.54, 1.807) is 0 Å². The van der Waals surface area contributed by atoms with Gasteiger partial charge in [0.2, 0.25) is 5.91 Å². The number of rotatable bonds is 7. The predicted molar refractivity (Wildman–Crippen MR) is 135 cm³/mol. The van der Waals surface area contributed by atoms with Gasteiger partial charge in [-0.1, -0.05) is 62.5 Å². The van der Waals surface area contributed by atoms with Crippen LogP contribution < -0.4 is 10.6 Å². The van der Waals surface area contributed by atoms with Crippen molar-refractivity contribution in [1.29, 1.82) is 0 Å². The molecule has 3 aliphatic carbocycles. The lowest BCUT2D eigenvalue weighted by Gasteiger charge is -2.64. The fourth-order valence-electron chi connectivity index (χ4n) is 6.03. The number of carbonyl (C=O) groups is 2. The van der Waals surface area contributed by atoms with Crippen LogP contribution in [0.4, 0.5) is 0 Å². The Labute approximate surface area is 216 Å². The van der Waals surface area contributed by atoms with Gasteiger partial charge >= 0.3 is 7.12 Å². The molecule has 1 saturated heterocycles. The van der Waals surface area contributed by atoms with E-state index in [9.17, 15) is 9.59 Å². The zero-order chi connectivity index (χ0) is 25.0. The van der Waals surface area contributed by atoms with Gasteiger partial charge in [-0.25, -0.2) is 0 Å². The fraction of sp³-hybridized carbons (Fsp3) is 0.667. The van der Waals surface area contributed by atoms with Crippen LogP contribution in [0.15, 0.2) is 12.1 Å². The van der Waals surface area contributed by atoms with Gasteiger partial charge in [0, 0.05) is 0 Å². The number of benzene rings is 1. The molecule has 5 rings (SSSR count). The number of carbonyl (C=O) groups excluding carboxylic acids is 2. The summed E-state index contributed by atoms with van der Waals surface area (Å²) in [4.78, 5) is 25.3. The molecule has 186 valence electrons. The quantitative estimate of drug-likeness (QED) is 0.377. The van der Waals surface area contributed by atoms with Crippen LogP contribution in [0.25, 0.3) is 0 Å². The Hall–Kier alpha value is -0.985. The summed E-state index contributed by atoms with van der Waals surface area (Å²) in [5.41, 5.74) is 0.0571. The molecule has 2 N–H and O–H groups in total. The second kappa shape index (κ2) is 9.47. The highest BCUT2D eigenvalue weighted by atomic mass is 35.5. The van der Waals surface area contributed by atoms with E-state index in [-0.39, 0.29) is 56.1 Å². The fourth-order valence-corrected chi connectivity index (χ4v) is 6.65. The van der Waals surface area contributed by atoms with Gasteiger partial charge in [-0.3, -0.25) is 9.59 Å². The minimum atomic E-state index is -0.517. The van der Waals surface area contributed by atoms with Gasteiger partial charge < -0.3 is 19.9 Å². The van der Waals surface area contributed by atoms with Crippen molar-refractivity contribution >= 4 is 53.7 Å². The minimum absolute atomic E-state index is 0.0392. The summed E-state index contributed by atoms with van der Waals surface area (Å²) in [7, 11) is -0.517. The molecule has 5 atom stereocenters. The van der Waals surface area contributed by atoms with Gasteiger partial charge in [0.05, 0.1) is 44.8 Å². The second-order valence-electron chi connectivity index (χ2n) is 11.0. The van der Waals surface area contributed by atoms with Crippen LogP contribution >= 0.6 is 34.8 Å². The van der Waals surface area contributed by atoms with Crippen LogP contribution in [0.2, 0.25) is 15.1 Å². The first-order valence-electron chi connectivity index (χ1n) is 11.9. The highest BCUT2D eigenvalue weighted by Gasteiger charge is 2.68. The van der Waals surface area contributed by atoms with Gasteiger partial charge in [-0.2, -0.15) is 0 Å². The first kappa shape index (κ1) is 26.1. The van der Waals surface area contributed by atoms with E-state index < -0.39 is 13.0 Å². The summed E-state index contributed by atoms with van der Waals surface area (Å²) in [6, 6.07) is 2.96. The first-order valence-corrected chi connectivity index (χ1v) is 13.0. The molecule has 10 heteroatoms. The smallest absolute Gasteiger partial charge is 0.404 e. The summed E-state index contributed by atoms with van der Waals surface area (Å²) in [5, 5.41) is 6.03. The van der Waals surface area contributed by atoms with Crippen molar-refractivity contribution in [2.45, 2.75) is 71.5 Å². The third-order valence-electron chi connectivity index (χ3n) is 8.06. The van der Waals surface area contributed by atoms with Gasteiger partial charge in [0.15, 0.2) is 0 Å². The van der Waals surface area contributed by atoms with Crippen LogP contribution in [0.5, 0.6) is 0 Å². The third-order valence-corrected chi connectivity index (χ3v) is 9.35. The highest BCUT2D eigenvalue weighted by molar-refractivity contribution is 6.49. The van der Waals surface area contributed by atoms with Crippen molar-refractivity contribution in [2.24, 2.45) is 23.2 Å². The average molecular weight is 530 g/mol. The number of amides is 2. The number of hydrogen-bond acceptors (Lipinski definition) is 4. The molecule has 2 bridgehead atoms. The van der Waals surface area contributed by atoms with Crippen molar-refractivity contribution in [3.8, 4) is 0 Å². The van der Waals surface area contributed by atoms with Crippen LogP contribution in [0.1, 0.15) is 64.2 Å². The van der Waals surface area contributed by atoms with Crippen LogP contribution in [0, 0.1) is 23.2 Å². The Balaban J connectivity index is 1.39. The predicted octanol–water partition coefficient (Wildman–Crippen LogP) is 5.18. The van der Waals surface area contributed by atoms with Crippen molar-refractivity contribution in [3.05, 3.63) is 32.8 Å². The molecule has 0 radical (unpaired) electrons. The van der Waals surface area contributed by atoms with Crippen LogP contribution in [-0.2, 0) is 14.1 Å². The Morgan fingerprint density at radius 2 is 1.85 bits per heavy atom. The normalized spacial score (nSPS) is 29.9. The highest BCUT2D eigenvalue weighted by Crippen LogP contribution is 2.65. The summed E-state index contributed by atoms with van der Waals surface area (Å²) in [5.74, 6) is 0.266. The van der Waals surface area contributed by atoms with Gasteiger partial charge in [0.1, 0.15) is 0 Å². The number of halogens is 3. The molecule has 4 aliphatic rings. The Bertz CT molecular complexity index is 991. The molecule has 3 saturated carbocycles. The molecule has 34 heavy (non-hydrogen) atoms. The minimum Gasteiger partial charge on any atom is -0.404 e. The number of nitrogens with one attached hydrogen (secondary N) is 2. The van der Waals surface area contributed by atoms with Crippen LogP contribution in [-0.4, -0.2) is 43.1 Å². The van der Waals surface area contributed by atoms with Crippen molar-refractivity contribution in [2.75, 3.05) is 6.54 Å². The van der Waals surface area contributed by atoms with E-state index in [0.717, 1.165) is 6.42 Å². The van der Waals surface area contributed by atoms with E-state index in [4.69, 9.17) is 44.1 Å². The van der Waals surface area contributed by atoms with Gasteiger partial charge in [0.25, 0.3) is 5.91 Å². The molecule has 1 heterocycles. The van der Waals surface area contributed by atoms with Gasteiger partial charge in [-0.15, -0.1) is 0 Å². The number of hydrogen-bond donors (Lipinski definition) is 2. The molecule has 1 aliphatic heterocycles. The van der Waals surface area contributed by atoms with Crippen molar-refractivity contribution in [1.82, 2.24) is 10.6 Å². The Morgan fingerprint density at radius 1 is 1.15 bits per heavy atom. The van der Waals surface area contributed by atoms with E-state index in [2.05, 4.69) is 45.3 Å². The molecule has 1 aromatic carbocycles. The van der Waals surface area contributed by atoms with Crippen molar-refractivity contribution < 1.29 is 18.9 Å². The van der Waals surface area contributed by atoms with E-state index in [1.165, 1.54) is 18.6 Å². The van der Waals surface area contributed by atoms with Crippen LogP contribution in [0.3, 0.4) is 0 Å². The van der Waals surface area contributed by atoms with E-state index >= 15 is 0 Å². The lowest BCUT2D eigenvalue weighted by Crippen LogP contribution is -2.65. The Kier molecular flexibility index (Phi) is 7.27. The third kappa shape index (κ3) is 4.59. The zero-order valence-corrected chi connectivity index (χ0v) is 22.5. The first-order chi connectivity index (χ1) is 15.8. The average Bonchev–Trinajstić information content (AvgIpc) is 3.12. The largest absolute Gasteiger partial charge is 0.481 e. The monoisotopic (exact) mass is 528 g/mol. The molecular formula is C24H32BCl3N2O4. The molecule has 2 amide bonds. The summed E-state index contributed by atoms with van der Waals surface area (Å²) in [6.07, 6.45) is 2.89. The molecule has 4 fully saturated rings. The molecule has 1 aromatic rings. The Morgan fingerprint density at radius 3 is 2.50 bits per heavy atom. The summed E-state index contributed by atoms with van der Waals surface area (Å²) < 4.78 is 13.0. The lowest BCUT2D eigenvalue weighted by atomic mass is 9.43. The molecule has 0 spiro atoms. The standard InChI is InChI=1S/C24H32BCl3N2O4/c1-12(2)8-18(25-33-17-10-13-9-16(23(13,3)4)24(17,5)34-25)30-19(31)11-29-22(32)14-6-7-15(26)21(28)20(14)27/h6-7,12-13,16-18H,8-11H2,1-5H3,(H,29,32)(H,30,31)/t13-,16-,17+,18-,24-/m0/s1. The van der Waals surface area contributed by atoms with E-state index in [0.29, 0.717) is 24.2 Å². The topological polar surface area (TPSA) is 76.7 Å². The molecular weight excluding hydrogens is 497 g/mol. The van der Waals surface area contributed by atoms with Gasteiger partial charge in [-0.05, 0) is 61.5 Å². The van der Waals surface area contributed by atoms with Crippen molar-refractivity contribution in [3.63, 3.8) is 0 Å². The SMILES string of the molecule is CC(C)C[C@H](NC(=O)CNC(=O)c1ccc(Cl)c(Cl)c1Cl)B1O[C@@H]2C[C@@H]3C[C@@H](C3(C)C)[C@]2(C)O1. The van der Waals surface area contributed by atoms with E-state index in [1.807, 2.05) is 0 Å². The maximum Gasteiger partial charge on any atom is 0.481 e. The molecule has 0 unspecified atom stereocenters. The second-order valence-corrected chi connectivity index (χ2v) is 12.2. The lowest BCUT2D eigenvalue weighted by molar-refractivity contribution is -0.199. The summed E-state index contributed by atoms with van der Waals surface area (Å²) in [6.45, 7) is 10.8. The zero-order valence-electron chi connectivity index (χ0n) is 20.2.